The summed E-state index contributed by atoms with van der Waals surface area (Å²) in [5.41, 5.74) is -0.606. The molecule has 0 amide bonds. The van der Waals surface area contributed by atoms with Crippen molar-refractivity contribution in [2.75, 3.05) is 13.7 Å². The Hall–Kier alpha value is -1.66. The van der Waals surface area contributed by atoms with Gasteiger partial charge in [0.15, 0.2) is 0 Å². The molecule has 6 nitrogen and oxygen atoms in total. The summed E-state index contributed by atoms with van der Waals surface area (Å²) in [7, 11) is 1.47. The van der Waals surface area contributed by atoms with Gasteiger partial charge >= 0.3 is 11.9 Å². The Labute approximate surface area is 234 Å². The summed E-state index contributed by atoms with van der Waals surface area (Å²) in [6.07, 6.45) is 9.24. The lowest BCUT2D eigenvalue weighted by molar-refractivity contribution is -0.222. The predicted octanol–water partition coefficient (Wildman–Crippen LogP) is 5.76. The molecule has 6 heteroatoms. The third-order valence-corrected chi connectivity index (χ3v) is 13.6. The Kier molecular flexibility index (Phi) is 6.60. The van der Waals surface area contributed by atoms with Crippen LogP contribution in [0, 0.1) is 44.8 Å². The molecule has 0 aromatic heterocycles. The summed E-state index contributed by atoms with van der Waals surface area (Å²) in [5.74, 6) is -0.229. The largest absolute Gasteiger partial charge is 0.469 e. The van der Waals surface area contributed by atoms with Crippen LogP contribution < -0.4 is 0 Å². The maximum Gasteiger partial charge on any atom is 0.312 e. The van der Waals surface area contributed by atoms with Crippen LogP contribution in [-0.2, 0) is 19.1 Å². The van der Waals surface area contributed by atoms with Gasteiger partial charge in [0.05, 0.1) is 30.8 Å². The van der Waals surface area contributed by atoms with Crippen molar-refractivity contribution >= 4 is 11.9 Å². The molecule has 0 heterocycles. The average Bonchev–Trinajstić information content (AvgIpc) is 2.87. The highest BCUT2D eigenvalue weighted by Gasteiger charge is 2.71. The fourth-order valence-electron chi connectivity index (χ4n) is 11.1. The number of hydrogen-bond acceptors (Lipinski definition) is 6. The SMILES string of the molecule is C=C1CC[C@]2(C(=O)OC)CC[C@]3(C)C(=CC[C@@H]4[C@@]5(C)CC[C@@H](O)[C@](C)(COC(C)=O)[C@@H]5CC[C@]43C)[C@@H]2[C@]1(C)O. The average molecular weight is 543 g/mol. The van der Waals surface area contributed by atoms with Crippen molar-refractivity contribution in [3.05, 3.63) is 23.8 Å². The van der Waals surface area contributed by atoms with Gasteiger partial charge in [0.25, 0.3) is 0 Å². The third kappa shape index (κ3) is 3.58. The van der Waals surface area contributed by atoms with Gasteiger partial charge in [-0.15, -0.1) is 0 Å². The minimum atomic E-state index is -1.18. The van der Waals surface area contributed by atoms with Gasteiger partial charge in [0, 0.05) is 18.3 Å². The zero-order chi connectivity index (χ0) is 28.8. The van der Waals surface area contributed by atoms with Crippen molar-refractivity contribution in [3.63, 3.8) is 0 Å². The molecule has 218 valence electrons. The van der Waals surface area contributed by atoms with E-state index in [1.54, 1.807) is 0 Å². The van der Waals surface area contributed by atoms with Gasteiger partial charge in [-0.1, -0.05) is 45.9 Å². The summed E-state index contributed by atoms with van der Waals surface area (Å²) < 4.78 is 11.0. The van der Waals surface area contributed by atoms with Gasteiger partial charge in [-0.05, 0) is 98.4 Å². The van der Waals surface area contributed by atoms with Crippen LogP contribution in [0.3, 0.4) is 0 Å². The molecule has 0 aromatic carbocycles. The summed E-state index contributed by atoms with van der Waals surface area (Å²) in [6.45, 7) is 17.2. The minimum absolute atomic E-state index is 0.0261. The first kappa shape index (κ1) is 28.9. The van der Waals surface area contributed by atoms with E-state index in [-0.39, 0.29) is 46.6 Å². The predicted molar refractivity (Wildman–Crippen MR) is 149 cm³/mol. The highest BCUT2D eigenvalue weighted by molar-refractivity contribution is 5.79. The number of aliphatic hydroxyl groups is 2. The van der Waals surface area contributed by atoms with Crippen molar-refractivity contribution in [3.8, 4) is 0 Å². The standard InChI is InChI=1S/C33H50O6/c1-20-11-16-33(27(36)38-8)18-17-30(5)22(26(33)32(20,7)37)9-10-24-28(3)14-13-25(35)29(4,19-39-21(2)34)23(28)12-15-31(24,30)6/h9,23-26,35,37H,1,10-19H2,2-8H3/t23-,24-,25-,26-,28+,29-,30-,31-,32-,33+/m1/s1. The van der Waals surface area contributed by atoms with E-state index in [0.717, 1.165) is 37.7 Å². The molecular formula is C33H50O6. The van der Waals surface area contributed by atoms with Gasteiger partial charge < -0.3 is 19.7 Å². The van der Waals surface area contributed by atoms with Crippen LogP contribution in [0.5, 0.6) is 0 Å². The Morgan fingerprint density at radius 1 is 1.03 bits per heavy atom. The molecule has 39 heavy (non-hydrogen) atoms. The molecule has 2 N–H and O–H groups in total. The molecular weight excluding hydrogens is 492 g/mol. The molecule has 4 saturated carbocycles. The van der Waals surface area contributed by atoms with Gasteiger partial charge in [-0.3, -0.25) is 9.59 Å². The number of aliphatic hydroxyl groups excluding tert-OH is 1. The Bertz CT molecular complexity index is 1110. The van der Waals surface area contributed by atoms with E-state index in [2.05, 4.69) is 40.3 Å². The second-order valence-electron chi connectivity index (χ2n) is 15.0. The molecule has 5 aliphatic rings. The molecule has 0 spiro atoms. The molecule has 0 aromatic rings. The number of ether oxygens (including phenoxy) is 2. The van der Waals surface area contributed by atoms with Crippen molar-refractivity contribution in [2.24, 2.45) is 44.8 Å². The lowest BCUT2D eigenvalue weighted by atomic mass is 9.33. The second-order valence-corrected chi connectivity index (χ2v) is 15.0. The van der Waals surface area contributed by atoms with E-state index >= 15 is 0 Å². The van der Waals surface area contributed by atoms with E-state index in [4.69, 9.17) is 9.47 Å². The summed E-state index contributed by atoms with van der Waals surface area (Å²) >= 11 is 0. The van der Waals surface area contributed by atoms with Gasteiger partial charge in [0.2, 0.25) is 0 Å². The van der Waals surface area contributed by atoms with E-state index in [9.17, 15) is 19.8 Å². The molecule has 10 atom stereocenters. The highest BCUT2D eigenvalue weighted by atomic mass is 16.5. The number of carbonyl (C=O) groups excluding carboxylic acids is 2. The van der Waals surface area contributed by atoms with Crippen LogP contribution in [0.2, 0.25) is 0 Å². The molecule has 0 saturated heterocycles. The van der Waals surface area contributed by atoms with Gasteiger partial charge in [-0.25, -0.2) is 0 Å². The normalized spacial score (nSPS) is 50.9. The lowest BCUT2D eigenvalue weighted by Gasteiger charge is -2.71. The van der Waals surface area contributed by atoms with Crippen LogP contribution >= 0.6 is 0 Å². The van der Waals surface area contributed by atoms with Crippen molar-refractivity contribution < 1.29 is 29.3 Å². The molecule has 0 bridgehead atoms. The number of allylic oxidation sites excluding steroid dienone is 1. The van der Waals surface area contributed by atoms with Gasteiger partial charge in [-0.2, -0.15) is 0 Å². The Balaban J connectivity index is 1.60. The first-order valence-corrected chi connectivity index (χ1v) is 15.1. The first-order valence-electron chi connectivity index (χ1n) is 15.1. The smallest absolute Gasteiger partial charge is 0.312 e. The lowest BCUT2D eigenvalue weighted by Crippen LogP contribution is -2.67. The molecule has 0 aliphatic heterocycles. The van der Waals surface area contributed by atoms with Crippen molar-refractivity contribution in [2.45, 2.75) is 111 Å². The van der Waals surface area contributed by atoms with E-state index < -0.39 is 22.5 Å². The minimum Gasteiger partial charge on any atom is -0.469 e. The number of carbonyl (C=O) groups is 2. The monoisotopic (exact) mass is 542 g/mol. The third-order valence-electron chi connectivity index (χ3n) is 13.6. The maximum absolute atomic E-state index is 13.5. The van der Waals surface area contributed by atoms with Crippen LogP contribution in [-0.4, -0.2) is 47.6 Å². The first-order chi connectivity index (χ1) is 18.0. The summed E-state index contributed by atoms with van der Waals surface area (Å²) in [5, 5.41) is 23.2. The second kappa shape index (κ2) is 8.92. The van der Waals surface area contributed by atoms with Crippen molar-refractivity contribution in [1.82, 2.24) is 0 Å². The molecule has 0 radical (unpaired) electrons. The van der Waals surface area contributed by atoms with E-state index in [1.165, 1.54) is 19.6 Å². The Morgan fingerprint density at radius 2 is 1.72 bits per heavy atom. The van der Waals surface area contributed by atoms with Crippen LogP contribution in [0.1, 0.15) is 99.3 Å². The van der Waals surface area contributed by atoms with Crippen LogP contribution in [0.15, 0.2) is 23.8 Å². The fraction of sp³-hybridized carbons (Fsp3) is 0.818. The van der Waals surface area contributed by atoms with Crippen molar-refractivity contribution in [1.29, 1.82) is 0 Å². The highest BCUT2D eigenvalue weighted by Crippen LogP contribution is 2.76. The Morgan fingerprint density at radius 3 is 2.36 bits per heavy atom. The van der Waals surface area contributed by atoms with E-state index in [1.807, 2.05) is 6.92 Å². The number of methoxy groups -OCH3 is 1. The van der Waals surface area contributed by atoms with Gasteiger partial charge in [0.1, 0.15) is 0 Å². The topological polar surface area (TPSA) is 93.1 Å². The van der Waals surface area contributed by atoms with E-state index in [0.29, 0.717) is 31.6 Å². The molecule has 0 unspecified atom stereocenters. The molecule has 5 rings (SSSR count). The number of hydrogen-bond donors (Lipinski definition) is 2. The number of rotatable bonds is 3. The molecule has 4 fully saturated rings. The zero-order valence-corrected chi connectivity index (χ0v) is 25.2. The fourth-order valence-corrected chi connectivity index (χ4v) is 11.1. The zero-order valence-electron chi connectivity index (χ0n) is 25.2. The molecule has 5 aliphatic carbocycles. The quantitative estimate of drug-likeness (QED) is 0.348. The summed E-state index contributed by atoms with van der Waals surface area (Å²) in [4.78, 5) is 25.2. The summed E-state index contributed by atoms with van der Waals surface area (Å²) in [6, 6.07) is 0. The van der Waals surface area contributed by atoms with Crippen LogP contribution in [0.25, 0.3) is 0 Å². The maximum atomic E-state index is 13.5. The number of fused-ring (bicyclic) bond motifs is 7. The van der Waals surface area contributed by atoms with Crippen LogP contribution in [0.4, 0.5) is 0 Å². The number of esters is 2.